The molecule has 0 radical (unpaired) electrons. The van der Waals surface area contributed by atoms with Gasteiger partial charge >= 0.3 is 0 Å². The molecule has 0 aromatic heterocycles. The van der Waals surface area contributed by atoms with Gasteiger partial charge in [0.25, 0.3) is 5.91 Å². The maximum atomic E-state index is 11.0. The predicted molar refractivity (Wildman–Crippen MR) is 53.9 cm³/mol. The minimum absolute atomic E-state index is 0.384. The number of halogens is 1. The van der Waals surface area contributed by atoms with E-state index in [2.05, 4.69) is 0 Å². The van der Waals surface area contributed by atoms with E-state index in [1.807, 2.05) is 5.43 Å². The van der Waals surface area contributed by atoms with Gasteiger partial charge in [0.1, 0.15) is 5.75 Å². The molecule has 0 saturated heterocycles. The van der Waals surface area contributed by atoms with Crippen LogP contribution in [0.25, 0.3) is 0 Å². The van der Waals surface area contributed by atoms with Crippen molar-refractivity contribution in [2.75, 3.05) is 0 Å². The van der Waals surface area contributed by atoms with Crippen LogP contribution in [0.1, 0.15) is 6.92 Å². The van der Waals surface area contributed by atoms with Gasteiger partial charge in [-0.1, -0.05) is 17.7 Å². The molecule has 1 atom stereocenters. The fourth-order valence-corrected chi connectivity index (χ4v) is 1.10. The maximum absolute atomic E-state index is 11.0. The van der Waals surface area contributed by atoms with Crippen LogP contribution >= 0.6 is 11.6 Å². The van der Waals surface area contributed by atoms with E-state index in [-0.39, 0.29) is 5.91 Å². The normalized spacial score (nSPS) is 11.9. The summed E-state index contributed by atoms with van der Waals surface area (Å²) in [4.78, 5) is 11.0. The standard InChI is InChI=1S/C9H11ClN2O2/c1-6(9(13)12-11)14-8-4-2-3-7(10)5-8/h2-6H,11H2,1H3,(H,12,13)/t6-/m1/s1. The van der Waals surface area contributed by atoms with Crippen molar-refractivity contribution in [3.8, 4) is 5.75 Å². The highest BCUT2D eigenvalue weighted by Crippen LogP contribution is 2.18. The Morgan fingerprint density at radius 1 is 1.64 bits per heavy atom. The van der Waals surface area contributed by atoms with Gasteiger partial charge in [-0.15, -0.1) is 0 Å². The first-order chi connectivity index (χ1) is 6.63. The number of nitrogens with two attached hydrogens (primary N) is 1. The van der Waals surface area contributed by atoms with E-state index in [0.29, 0.717) is 10.8 Å². The van der Waals surface area contributed by atoms with Gasteiger partial charge in [-0.2, -0.15) is 0 Å². The smallest absolute Gasteiger partial charge is 0.274 e. The molecular weight excluding hydrogens is 204 g/mol. The molecule has 0 spiro atoms. The first kappa shape index (κ1) is 10.8. The summed E-state index contributed by atoms with van der Waals surface area (Å²) in [6.07, 6.45) is -0.640. The Bertz CT molecular complexity index is 330. The Hall–Kier alpha value is -1.26. The Labute approximate surface area is 87.0 Å². The molecule has 3 N–H and O–H groups in total. The molecule has 1 rings (SSSR count). The van der Waals surface area contributed by atoms with Crippen molar-refractivity contribution in [3.05, 3.63) is 29.3 Å². The van der Waals surface area contributed by atoms with Gasteiger partial charge < -0.3 is 4.74 Å². The highest BCUT2D eigenvalue weighted by Gasteiger charge is 2.12. The molecule has 1 aromatic rings. The number of ether oxygens (including phenoxy) is 1. The number of carbonyl (C=O) groups excluding carboxylic acids is 1. The predicted octanol–water partition coefficient (Wildman–Crippen LogP) is 1.10. The molecular formula is C9H11ClN2O2. The van der Waals surface area contributed by atoms with Crippen LogP contribution in [-0.4, -0.2) is 12.0 Å². The van der Waals surface area contributed by atoms with Gasteiger partial charge in [-0.3, -0.25) is 10.2 Å². The lowest BCUT2D eigenvalue weighted by molar-refractivity contribution is -0.127. The Kier molecular flexibility index (Phi) is 3.73. The summed E-state index contributed by atoms with van der Waals surface area (Å²) >= 11 is 5.74. The van der Waals surface area contributed by atoms with Crippen molar-refractivity contribution >= 4 is 17.5 Å². The number of benzene rings is 1. The van der Waals surface area contributed by atoms with Crippen molar-refractivity contribution in [2.24, 2.45) is 5.84 Å². The lowest BCUT2D eigenvalue weighted by Gasteiger charge is -2.12. The molecule has 0 bridgehead atoms. The molecule has 4 nitrogen and oxygen atoms in total. The lowest BCUT2D eigenvalue weighted by Crippen LogP contribution is -2.40. The van der Waals surface area contributed by atoms with Gasteiger partial charge in [-0.05, 0) is 25.1 Å². The quantitative estimate of drug-likeness (QED) is 0.450. The van der Waals surface area contributed by atoms with Crippen LogP contribution in [0.15, 0.2) is 24.3 Å². The molecule has 0 unspecified atom stereocenters. The van der Waals surface area contributed by atoms with Crippen molar-refractivity contribution in [1.82, 2.24) is 5.43 Å². The number of hydrogen-bond acceptors (Lipinski definition) is 3. The number of carbonyl (C=O) groups is 1. The molecule has 0 fully saturated rings. The zero-order chi connectivity index (χ0) is 10.6. The summed E-state index contributed by atoms with van der Waals surface area (Å²) in [5, 5.41) is 0.558. The van der Waals surface area contributed by atoms with Gasteiger partial charge in [0.2, 0.25) is 0 Å². The molecule has 0 aliphatic heterocycles. The second-order valence-corrected chi connectivity index (χ2v) is 3.16. The largest absolute Gasteiger partial charge is 0.481 e. The molecule has 1 amide bonds. The molecule has 1 aromatic carbocycles. The van der Waals surface area contributed by atoms with Gasteiger partial charge in [0.15, 0.2) is 6.10 Å². The second kappa shape index (κ2) is 4.83. The molecule has 0 heterocycles. The Morgan fingerprint density at radius 3 is 2.93 bits per heavy atom. The van der Waals surface area contributed by atoms with E-state index in [1.54, 1.807) is 31.2 Å². The first-order valence-corrected chi connectivity index (χ1v) is 4.44. The third-order valence-corrected chi connectivity index (χ3v) is 1.86. The number of nitrogens with one attached hydrogen (secondary N) is 1. The van der Waals surface area contributed by atoms with Crippen LogP contribution in [0.3, 0.4) is 0 Å². The van der Waals surface area contributed by atoms with Crippen LogP contribution in [-0.2, 0) is 4.79 Å². The highest BCUT2D eigenvalue weighted by atomic mass is 35.5. The van der Waals surface area contributed by atoms with Gasteiger partial charge in [0, 0.05) is 5.02 Å². The first-order valence-electron chi connectivity index (χ1n) is 4.06. The molecule has 14 heavy (non-hydrogen) atoms. The number of rotatable bonds is 3. The van der Waals surface area contributed by atoms with Crippen molar-refractivity contribution in [2.45, 2.75) is 13.0 Å². The van der Waals surface area contributed by atoms with Crippen molar-refractivity contribution < 1.29 is 9.53 Å². The minimum atomic E-state index is -0.640. The van der Waals surface area contributed by atoms with Crippen molar-refractivity contribution in [1.29, 1.82) is 0 Å². The summed E-state index contributed by atoms with van der Waals surface area (Å²) in [5.41, 5.74) is 2.00. The molecule has 76 valence electrons. The molecule has 5 heteroatoms. The average molecular weight is 215 g/mol. The Morgan fingerprint density at radius 2 is 2.36 bits per heavy atom. The fraction of sp³-hybridized carbons (Fsp3) is 0.222. The zero-order valence-corrected chi connectivity index (χ0v) is 8.41. The third-order valence-electron chi connectivity index (χ3n) is 1.62. The highest BCUT2D eigenvalue weighted by molar-refractivity contribution is 6.30. The summed E-state index contributed by atoms with van der Waals surface area (Å²) in [7, 11) is 0. The topological polar surface area (TPSA) is 64.3 Å². The minimum Gasteiger partial charge on any atom is -0.481 e. The average Bonchev–Trinajstić information content (AvgIpc) is 2.16. The summed E-state index contributed by atoms with van der Waals surface area (Å²) < 4.78 is 5.27. The van der Waals surface area contributed by atoms with Crippen LogP contribution in [0.4, 0.5) is 0 Å². The second-order valence-electron chi connectivity index (χ2n) is 2.73. The third kappa shape index (κ3) is 2.90. The Balaban J connectivity index is 2.64. The van der Waals surface area contributed by atoms with E-state index in [9.17, 15) is 4.79 Å². The van der Waals surface area contributed by atoms with E-state index >= 15 is 0 Å². The van der Waals surface area contributed by atoms with E-state index in [1.165, 1.54) is 0 Å². The number of hydrazine groups is 1. The molecule has 0 saturated carbocycles. The van der Waals surface area contributed by atoms with Crippen LogP contribution in [0.5, 0.6) is 5.75 Å². The molecule has 0 aliphatic rings. The molecule has 0 aliphatic carbocycles. The maximum Gasteiger partial charge on any atom is 0.274 e. The van der Waals surface area contributed by atoms with Crippen LogP contribution in [0.2, 0.25) is 5.02 Å². The van der Waals surface area contributed by atoms with E-state index in [0.717, 1.165) is 0 Å². The summed E-state index contributed by atoms with van der Waals surface area (Å²) in [6.45, 7) is 1.60. The number of amides is 1. The lowest BCUT2D eigenvalue weighted by atomic mass is 10.3. The summed E-state index contributed by atoms with van der Waals surface area (Å²) in [6, 6.07) is 6.81. The van der Waals surface area contributed by atoms with E-state index < -0.39 is 6.10 Å². The van der Waals surface area contributed by atoms with Crippen LogP contribution in [0, 0.1) is 0 Å². The summed E-state index contributed by atoms with van der Waals surface area (Å²) in [5.74, 6) is 5.10. The zero-order valence-electron chi connectivity index (χ0n) is 7.66. The van der Waals surface area contributed by atoms with Crippen molar-refractivity contribution in [3.63, 3.8) is 0 Å². The fourth-order valence-electron chi connectivity index (χ4n) is 0.915. The number of hydrogen-bond donors (Lipinski definition) is 2. The van der Waals surface area contributed by atoms with Gasteiger partial charge in [0.05, 0.1) is 0 Å². The van der Waals surface area contributed by atoms with E-state index in [4.69, 9.17) is 22.2 Å². The van der Waals surface area contributed by atoms with Gasteiger partial charge in [-0.25, -0.2) is 5.84 Å². The van der Waals surface area contributed by atoms with Crippen LogP contribution < -0.4 is 16.0 Å². The monoisotopic (exact) mass is 214 g/mol. The SMILES string of the molecule is C[C@@H](Oc1cccc(Cl)c1)C(=O)NN.